The molecule has 0 radical (unpaired) electrons. The van der Waals surface area contributed by atoms with E-state index in [4.69, 9.17) is 4.74 Å². The number of aryl methyl sites for hydroxylation is 1. The monoisotopic (exact) mass is 389 g/mol. The Balaban J connectivity index is 2.34. The van der Waals surface area contributed by atoms with E-state index in [0.717, 1.165) is 9.54 Å². The number of pyridine rings is 1. The fourth-order valence-electron chi connectivity index (χ4n) is 2.90. The first kappa shape index (κ1) is 19.1. The number of hydrogen-bond donors (Lipinski definition) is 1. The fourth-order valence-corrected chi connectivity index (χ4v) is 4.31. The lowest BCUT2D eigenvalue weighted by Crippen LogP contribution is -2.15. The Morgan fingerprint density at radius 3 is 2.63 bits per heavy atom. The van der Waals surface area contributed by atoms with Crippen LogP contribution < -0.4 is 10.1 Å². The van der Waals surface area contributed by atoms with E-state index in [9.17, 15) is 12.8 Å². The van der Waals surface area contributed by atoms with Gasteiger partial charge in [-0.1, -0.05) is 12.1 Å². The van der Waals surface area contributed by atoms with Crippen molar-refractivity contribution in [3.8, 4) is 17.0 Å². The molecule has 1 N–H and O–H groups in total. The van der Waals surface area contributed by atoms with Crippen LogP contribution in [0, 0.1) is 12.7 Å². The molecule has 0 unspecified atom stereocenters. The van der Waals surface area contributed by atoms with Crippen molar-refractivity contribution in [3.63, 3.8) is 0 Å². The van der Waals surface area contributed by atoms with Gasteiger partial charge in [-0.3, -0.25) is 0 Å². The third-order valence-corrected chi connectivity index (χ3v) is 5.67. The Labute approximate surface area is 157 Å². The molecule has 1 aromatic carbocycles. The highest BCUT2D eigenvalue weighted by Crippen LogP contribution is 2.38. The summed E-state index contributed by atoms with van der Waals surface area (Å²) >= 11 is 0. The predicted molar refractivity (Wildman–Crippen MR) is 101 cm³/mol. The minimum atomic E-state index is -4.06. The van der Waals surface area contributed by atoms with Crippen molar-refractivity contribution in [2.45, 2.75) is 18.5 Å². The van der Waals surface area contributed by atoms with Crippen LogP contribution in [0.4, 0.5) is 4.39 Å². The van der Waals surface area contributed by atoms with Gasteiger partial charge in [0.25, 0.3) is 10.0 Å². The Bertz CT molecular complexity index is 1080. The molecule has 0 saturated heterocycles. The molecule has 142 valence electrons. The van der Waals surface area contributed by atoms with Crippen molar-refractivity contribution in [3.05, 3.63) is 65.7 Å². The number of halogens is 1. The molecule has 2 heterocycles. The molecule has 0 aliphatic rings. The summed E-state index contributed by atoms with van der Waals surface area (Å²) in [6.45, 7) is 2.13. The number of aromatic nitrogens is 2. The van der Waals surface area contributed by atoms with Crippen LogP contribution in [0.5, 0.6) is 5.75 Å². The first-order valence-electron chi connectivity index (χ1n) is 8.26. The Kier molecular flexibility index (Phi) is 5.29. The largest absolute Gasteiger partial charge is 0.494 e. The Morgan fingerprint density at radius 1 is 1.26 bits per heavy atom. The summed E-state index contributed by atoms with van der Waals surface area (Å²) in [7, 11) is -0.892. The van der Waals surface area contributed by atoms with E-state index in [0.29, 0.717) is 17.9 Å². The molecule has 0 bridgehead atoms. The lowest BCUT2D eigenvalue weighted by Gasteiger charge is -2.12. The van der Waals surface area contributed by atoms with Gasteiger partial charge in [0.05, 0.1) is 7.11 Å². The van der Waals surface area contributed by atoms with Crippen LogP contribution >= 0.6 is 0 Å². The van der Waals surface area contributed by atoms with Crippen molar-refractivity contribution in [2.75, 3.05) is 14.2 Å². The zero-order valence-electron chi connectivity index (χ0n) is 15.2. The van der Waals surface area contributed by atoms with E-state index in [1.807, 2.05) is 0 Å². The van der Waals surface area contributed by atoms with Gasteiger partial charge in [0.15, 0.2) is 5.03 Å². The van der Waals surface area contributed by atoms with Gasteiger partial charge >= 0.3 is 0 Å². The lowest BCUT2D eigenvalue weighted by molar-refractivity contribution is 0.411. The van der Waals surface area contributed by atoms with Gasteiger partial charge in [-0.25, -0.2) is 13.3 Å². The van der Waals surface area contributed by atoms with Crippen LogP contribution in [0.1, 0.15) is 11.1 Å². The standard InChI is InChI=1S/C19H20FN3O3S/c1-13-8-9-22-17(10-13)27(24,25)23-12-14(11-21-2)19(26-3)18(23)15-6-4-5-7-16(15)20/h4-10,12,21H,11H2,1-3H3. The quantitative estimate of drug-likeness (QED) is 0.702. The van der Waals surface area contributed by atoms with Crippen LogP contribution in [-0.4, -0.2) is 31.5 Å². The van der Waals surface area contributed by atoms with Gasteiger partial charge in [-0.2, -0.15) is 8.42 Å². The van der Waals surface area contributed by atoms with Crippen LogP contribution in [0.25, 0.3) is 11.3 Å². The molecule has 0 amide bonds. The fraction of sp³-hybridized carbons (Fsp3) is 0.211. The summed E-state index contributed by atoms with van der Waals surface area (Å²) in [6.07, 6.45) is 2.87. The predicted octanol–water partition coefficient (Wildman–Crippen LogP) is 2.96. The van der Waals surface area contributed by atoms with E-state index in [-0.39, 0.29) is 16.3 Å². The second-order valence-electron chi connectivity index (χ2n) is 6.02. The Hall–Kier alpha value is -2.71. The summed E-state index contributed by atoms with van der Waals surface area (Å²) in [4.78, 5) is 4.00. The molecule has 0 aliphatic carbocycles. The number of methoxy groups -OCH3 is 1. The van der Waals surface area contributed by atoms with Gasteiger partial charge in [0.1, 0.15) is 17.3 Å². The molecular formula is C19H20FN3O3S. The highest BCUT2D eigenvalue weighted by Gasteiger charge is 2.29. The molecule has 0 saturated carbocycles. The van der Waals surface area contributed by atoms with Gasteiger partial charge in [0.2, 0.25) is 0 Å². The number of ether oxygens (including phenoxy) is 1. The number of benzene rings is 1. The molecule has 2 aromatic heterocycles. The topological polar surface area (TPSA) is 73.2 Å². The summed E-state index contributed by atoms with van der Waals surface area (Å²) in [5, 5.41) is 2.85. The van der Waals surface area contributed by atoms with Crippen LogP contribution in [0.15, 0.2) is 53.8 Å². The summed E-state index contributed by atoms with van der Waals surface area (Å²) in [5.74, 6) is -0.246. The number of rotatable bonds is 6. The average molecular weight is 389 g/mol. The second kappa shape index (κ2) is 7.50. The molecule has 0 atom stereocenters. The van der Waals surface area contributed by atoms with Crippen LogP contribution in [0.2, 0.25) is 0 Å². The Morgan fingerprint density at radius 2 is 2.00 bits per heavy atom. The summed E-state index contributed by atoms with van der Waals surface area (Å²) < 4.78 is 47.6. The van der Waals surface area contributed by atoms with E-state index >= 15 is 0 Å². The van der Waals surface area contributed by atoms with Gasteiger partial charge in [-0.15, -0.1) is 0 Å². The molecular weight excluding hydrogens is 369 g/mol. The lowest BCUT2D eigenvalue weighted by atomic mass is 10.1. The molecule has 6 nitrogen and oxygen atoms in total. The highest BCUT2D eigenvalue weighted by molar-refractivity contribution is 7.90. The second-order valence-corrected chi connectivity index (χ2v) is 7.78. The normalized spacial score (nSPS) is 11.6. The van der Waals surface area contributed by atoms with Gasteiger partial charge in [0, 0.05) is 30.1 Å². The molecule has 3 aromatic rings. The zero-order valence-corrected chi connectivity index (χ0v) is 16.0. The van der Waals surface area contributed by atoms with Crippen molar-refractivity contribution in [2.24, 2.45) is 0 Å². The minimum Gasteiger partial charge on any atom is -0.494 e. The third kappa shape index (κ3) is 3.45. The summed E-state index contributed by atoms with van der Waals surface area (Å²) in [6, 6.07) is 9.17. The number of hydrogen-bond acceptors (Lipinski definition) is 5. The average Bonchev–Trinajstić information content (AvgIpc) is 3.01. The van der Waals surface area contributed by atoms with Crippen molar-refractivity contribution < 1.29 is 17.5 Å². The van der Waals surface area contributed by atoms with Crippen molar-refractivity contribution >= 4 is 10.0 Å². The molecule has 27 heavy (non-hydrogen) atoms. The maximum Gasteiger partial charge on any atom is 0.285 e. The molecule has 8 heteroatoms. The van der Waals surface area contributed by atoms with Crippen LogP contribution in [-0.2, 0) is 16.6 Å². The zero-order chi connectivity index (χ0) is 19.6. The van der Waals surface area contributed by atoms with E-state index in [1.165, 1.54) is 37.7 Å². The SMILES string of the molecule is CNCc1cn(S(=O)(=O)c2cc(C)ccn2)c(-c2ccccc2F)c1OC. The maximum atomic E-state index is 14.5. The molecule has 3 rings (SSSR count). The molecule has 0 aliphatic heterocycles. The first-order valence-corrected chi connectivity index (χ1v) is 9.70. The third-order valence-electron chi connectivity index (χ3n) is 4.11. The maximum absolute atomic E-state index is 14.5. The van der Waals surface area contributed by atoms with Crippen molar-refractivity contribution in [1.82, 2.24) is 14.3 Å². The first-order chi connectivity index (χ1) is 12.9. The van der Waals surface area contributed by atoms with Gasteiger partial charge < -0.3 is 10.1 Å². The number of nitrogens with zero attached hydrogens (tertiary/aromatic N) is 2. The summed E-state index contributed by atoms with van der Waals surface area (Å²) in [5.41, 5.74) is 1.61. The number of nitrogens with one attached hydrogen (secondary N) is 1. The van der Waals surface area contributed by atoms with E-state index in [1.54, 1.807) is 32.2 Å². The molecule has 0 fully saturated rings. The van der Waals surface area contributed by atoms with Crippen LogP contribution in [0.3, 0.4) is 0 Å². The highest BCUT2D eigenvalue weighted by atomic mass is 32.2. The molecule has 0 spiro atoms. The van der Waals surface area contributed by atoms with E-state index < -0.39 is 15.8 Å². The minimum absolute atomic E-state index is 0.117. The van der Waals surface area contributed by atoms with Gasteiger partial charge in [-0.05, 0) is 43.8 Å². The smallest absolute Gasteiger partial charge is 0.285 e. The van der Waals surface area contributed by atoms with E-state index in [2.05, 4.69) is 10.3 Å². The van der Waals surface area contributed by atoms with Crippen molar-refractivity contribution in [1.29, 1.82) is 0 Å².